The third kappa shape index (κ3) is 4.18. The molecule has 0 spiro atoms. The first-order chi connectivity index (χ1) is 11.8. The van der Waals surface area contributed by atoms with Crippen LogP contribution in [0.25, 0.3) is 0 Å². The number of nitrogens with one attached hydrogen (secondary N) is 1. The molecule has 2 rings (SSSR count). The molecule has 0 saturated heterocycles. The summed E-state index contributed by atoms with van der Waals surface area (Å²) in [6.45, 7) is 2.07. The smallest absolute Gasteiger partial charge is 0.345 e. The zero-order valence-electron chi connectivity index (χ0n) is 14.5. The van der Waals surface area contributed by atoms with Crippen molar-refractivity contribution in [2.75, 3.05) is 27.9 Å². The van der Waals surface area contributed by atoms with E-state index in [0.717, 1.165) is 4.31 Å². The molecule has 1 aliphatic rings. The molecule has 8 nitrogen and oxygen atoms in total. The number of allylic oxidation sites excluding steroid dienone is 1. The van der Waals surface area contributed by atoms with Crippen LogP contribution < -0.4 is 10.1 Å². The number of carbonyl (C=O) groups is 1. The van der Waals surface area contributed by atoms with Gasteiger partial charge in [0, 0.05) is 25.8 Å². The summed E-state index contributed by atoms with van der Waals surface area (Å²) in [6.07, 6.45) is 1.42. The maximum absolute atomic E-state index is 12.5. The Morgan fingerprint density at radius 3 is 2.64 bits per heavy atom. The molecular weight excluding hydrogens is 346 g/mol. The third-order valence-corrected chi connectivity index (χ3v) is 4.90. The van der Waals surface area contributed by atoms with Crippen LogP contribution in [0.5, 0.6) is 5.75 Å². The Bertz CT molecular complexity index is 817. The van der Waals surface area contributed by atoms with Crippen LogP contribution in [0.4, 0.5) is 0 Å². The topological polar surface area (TPSA) is 97.3 Å². The van der Waals surface area contributed by atoms with E-state index in [2.05, 4.69) is 9.71 Å². The molecule has 25 heavy (non-hydrogen) atoms. The number of likely N-dealkylation sites (N-methyl/N-ethyl adjacent to an activating group) is 1. The fourth-order valence-corrected chi connectivity index (χ4v) is 3.24. The molecule has 1 N–H and O–H groups in total. The number of hydrogen-bond acceptors (Lipinski definition) is 5. The average molecular weight is 367 g/mol. The molecular formula is C16H21N3O5S. The van der Waals surface area contributed by atoms with Gasteiger partial charge in [0.2, 0.25) is 0 Å². The van der Waals surface area contributed by atoms with Crippen molar-refractivity contribution in [2.45, 2.75) is 13.0 Å². The first kappa shape index (κ1) is 18.9. The monoisotopic (exact) mass is 367 g/mol. The predicted octanol–water partition coefficient (Wildman–Crippen LogP) is 0.710. The number of amides is 1. The SMILES string of the molecule is COCC(C)NC(=O)C1=CC(c2ccccc2OC)=NS(=O)(=O)N1C. The van der Waals surface area contributed by atoms with Gasteiger partial charge in [-0.25, -0.2) is 4.31 Å². The van der Waals surface area contributed by atoms with Crippen molar-refractivity contribution in [1.82, 2.24) is 9.62 Å². The van der Waals surface area contributed by atoms with Crippen molar-refractivity contribution in [3.63, 3.8) is 0 Å². The Kier molecular flexibility index (Phi) is 5.81. The second-order valence-electron chi connectivity index (χ2n) is 5.48. The molecule has 0 aliphatic carbocycles. The van der Waals surface area contributed by atoms with Gasteiger partial charge in [0.15, 0.2) is 0 Å². The lowest BCUT2D eigenvalue weighted by molar-refractivity contribution is -0.119. The molecule has 1 unspecified atom stereocenters. The molecule has 1 aromatic carbocycles. The highest BCUT2D eigenvalue weighted by molar-refractivity contribution is 7.88. The Morgan fingerprint density at radius 1 is 1.32 bits per heavy atom. The van der Waals surface area contributed by atoms with E-state index >= 15 is 0 Å². The second kappa shape index (κ2) is 7.66. The maximum atomic E-state index is 12.5. The normalized spacial score (nSPS) is 17.4. The molecule has 0 radical (unpaired) electrons. The van der Waals surface area contributed by atoms with Crippen molar-refractivity contribution in [3.05, 3.63) is 41.6 Å². The lowest BCUT2D eigenvalue weighted by atomic mass is 10.1. The number of ether oxygens (including phenoxy) is 2. The minimum atomic E-state index is -4.02. The molecule has 1 aliphatic heterocycles. The first-order valence-corrected chi connectivity index (χ1v) is 8.93. The van der Waals surface area contributed by atoms with Gasteiger partial charge in [-0.15, -0.1) is 4.40 Å². The van der Waals surface area contributed by atoms with Gasteiger partial charge in [-0.1, -0.05) is 12.1 Å². The van der Waals surface area contributed by atoms with Crippen LogP contribution in [-0.4, -0.2) is 58.3 Å². The summed E-state index contributed by atoms with van der Waals surface area (Å²) < 4.78 is 39.5. The van der Waals surface area contributed by atoms with Crippen molar-refractivity contribution >= 4 is 21.8 Å². The van der Waals surface area contributed by atoms with Crippen LogP contribution in [0.1, 0.15) is 12.5 Å². The zero-order valence-corrected chi connectivity index (χ0v) is 15.3. The van der Waals surface area contributed by atoms with E-state index in [9.17, 15) is 13.2 Å². The van der Waals surface area contributed by atoms with E-state index in [1.165, 1.54) is 27.3 Å². The lowest BCUT2D eigenvalue weighted by Gasteiger charge is -2.25. The maximum Gasteiger partial charge on any atom is 0.345 e. The predicted molar refractivity (Wildman–Crippen MR) is 93.8 cm³/mol. The van der Waals surface area contributed by atoms with Crippen molar-refractivity contribution in [2.24, 2.45) is 4.40 Å². The first-order valence-electron chi connectivity index (χ1n) is 7.54. The summed E-state index contributed by atoms with van der Waals surface area (Å²) in [4.78, 5) is 12.5. The summed E-state index contributed by atoms with van der Waals surface area (Å²) in [7, 11) is 0.260. The van der Waals surface area contributed by atoms with E-state index in [4.69, 9.17) is 9.47 Å². The quantitative estimate of drug-likeness (QED) is 0.799. The Labute approximate surface area is 147 Å². The standard InChI is InChI=1S/C16H21N3O5S/c1-11(10-23-3)17-16(20)14-9-13(18-25(21,22)19(14)2)12-7-5-6-8-15(12)24-4/h5-9,11H,10H2,1-4H3,(H,17,20). The highest BCUT2D eigenvalue weighted by Gasteiger charge is 2.31. The molecule has 136 valence electrons. The van der Waals surface area contributed by atoms with Crippen molar-refractivity contribution in [1.29, 1.82) is 0 Å². The fourth-order valence-electron chi connectivity index (χ4n) is 2.34. The number of benzene rings is 1. The zero-order chi connectivity index (χ0) is 18.6. The van der Waals surface area contributed by atoms with Crippen LogP contribution in [0.2, 0.25) is 0 Å². The molecule has 0 fully saturated rings. The lowest BCUT2D eigenvalue weighted by Crippen LogP contribution is -2.42. The molecule has 0 bridgehead atoms. The fraction of sp³-hybridized carbons (Fsp3) is 0.375. The molecule has 1 amide bonds. The Balaban J connectivity index is 2.44. The van der Waals surface area contributed by atoms with Crippen LogP contribution in [-0.2, 0) is 19.7 Å². The van der Waals surface area contributed by atoms with Gasteiger partial charge in [0.1, 0.15) is 11.4 Å². The molecule has 9 heteroatoms. The minimum absolute atomic E-state index is 0.0288. The summed E-state index contributed by atoms with van der Waals surface area (Å²) in [5, 5.41) is 2.69. The second-order valence-corrected chi connectivity index (χ2v) is 7.11. The van der Waals surface area contributed by atoms with E-state index < -0.39 is 16.1 Å². The number of nitrogens with zero attached hydrogens (tertiary/aromatic N) is 2. The number of carbonyl (C=O) groups excluding carboxylic acids is 1. The van der Waals surface area contributed by atoms with E-state index in [1.807, 2.05) is 0 Å². The van der Waals surface area contributed by atoms with E-state index in [1.54, 1.807) is 31.2 Å². The summed E-state index contributed by atoms with van der Waals surface area (Å²) in [5.74, 6) is -0.0670. The van der Waals surface area contributed by atoms with Crippen molar-refractivity contribution < 1.29 is 22.7 Å². The number of rotatable bonds is 6. The van der Waals surface area contributed by atoms with Crippen LogP contribution in [0, 0.1) is 0 Å². The van der Waals surface area contributed by atoms with Crippen LogP contribution in [0.15, 0.2) is 40.4 Å². The minimum Gasteiger partial charge on any atom is -0.496 e. The van der Waals surface area contributed by atoms with Crippen molar-refractivity contribution in [3.8, 4) is 5.75 Å². The van der Waals surface area contributed by atoms with E-state index in [-0.39, 0.29) is 17.5 Å². The van der Waals surface area contributed by atoms with Gasteiger partial charge in [0.05, 0.1) is 19.4 Å². The Hall–Kier alpha value is -2.39. The van der Waals surface area contributed by atoms with E-state index in [0.29, 0.717) is 17.9 Å². The largest absolute Gasteiger partial charge is 0.496 e. The van der Waals surface area contributed by atoms with Gasteiger partial charge < -0.3 is 14.8 Å². The van der Waals surface area contributed by atoms with Gasteiger partial charge in [-0.05, 0) is 25.1 Å². The van der Waals surface area contributed by atoms with Crippen LogP contribution >= 0.6 is 0 Å². The Morgan fingerprint density at radius 2 is 2.00 bits per heavy atom. The third-order valence-electron chi connectivity index (χ3n) is 3.58. The number of methoxy groups -OCH3 is 2. The highest BCUT2D eigenvalue weighted by Crippen LogP contribution is 2.25. The summed E-state index contributed by atoms with van der Waals surface area (Å²) in [5.41, 5.74) is 0.593. The summed E-state index contributed by atoms with van der Waals surface area (Å²) >= 11 is 0. The molecule has 0 saturated carbocycles. The molecule has 0 aromatic heterocycles. The van der Waals surface area contributed by atoms with Gasteiger partial charge in [-0.3, -0.25) is 4.79 Å². The number of hydrogen-bond donors (Lipinski definition) is 1. The number of para-hydroxylation sites is 1. The summed E-state index contributed by atoms with van der Waals surface area (Å²) in [6, 6.07) is 6.59. The highest BCUT2D eigenvalue weighted by atomic mass is 32.2. The molecule has 1 atom stereocenters. The molecule has 1 heterocycles. The van der Waals surface area contributed by atoms with Gasteiger partial charge >= 0.3 is 10.2 Å². The van der Waals surface area contributed by atoms with Gasteiger partial charge in [-0.2, -0.15) is 8.42 Å². The van der Waals surface area contributed by atoms with Crippen LogP contribution in [0.3, 0.4) is 0 Å². The molecule has 1 aromatic rings. The van der Waals surface area contributed by atoms with Gasteiger partial charge in [0.25, 0.3) is 5.91 Å². The average Bonchev–Trinajstić information content (AvgIpc) is 2.57.